The largest absolute Gasteiger partial charge is 0.345 e. The maximum atomic E-state index is 12.7. The smallest absolute Gasteiger partial charge is 0.261 e. The van der Waals surface area contributed by atoms with Crippen LogP contribution in [0.5, 0.6) is 0 Å². The van der Waals surface area contributed by atoms with Crippen LogP contribution in [0.15, 0.2) is 59.7 Å². The second-order valence-corrected chi connectivity index (χ2v) is 7.00. The number of aromatic nitrogens is 2. The van der Waals surface area contributed by atoms with Gasteiger partial charge in [-0.2, -0.15) is 0 Å². The number of amides is 1. The number of rotatable bonds is 4. The number of hydrogen-bond donors (Lipinski definition) is 1. The van der Waals surface area contributed by atoms with E-state index in [4.69, 9.17) is 0 Å². The molecule has 3 aromatic rings. The first-order valence-electron chi connectivity index (χ1n) is 8.90. The molecule has 1 N–H and O–H groups in total. The molecule has 1 aromatic heterocycles. The fourth-order valence-corrected chi connectivity index (χ4v) is 3.68. The molecule has 132 valence electrons. The number of para-hydroxylation sites is 1. The van der Waals surface area contributed by atoms with Crippen LogP contribution < -0.4 is 10.9 Å². The molecular formula is C21H21N3O2. The molecule has 0 saturated heterocycles. The predicted octanol–water partition coefficient (Wildman–Crippen LogP) is 2.90. The summed E-state index contributed by atoms with van der Waals surface area (Å²) in [5, 5.41) is 3.70. The maximum absolute atomic E-state index is 12.7. The number of aryl methyl sites for hydroxylation is 1. The van der Waals surface area contributed by atoms with Crippen molar-refractivity contribution in [2.24, 2.45) is 0 Å². The molecule has 0 atom stereocenters. The van der Waals surface area contributed by atoms with Crippen molar-refractivity contribution < 1.29 is 4.79 Å². The highest BCUT2D eigenvalue weighted by atomic mass is 16.2. The van der Waals surface area contributed by atoms with E-state index in [1.807, 2.05) is 49.4 Å². The molecule has 5 heteroatoms. The number of hydrogen-bond acceptors (Lipinski definition) is 3. The molecule has 1 aliphatic rings. The van der Waals surface area contributed by atoms with Crippen LogP contribution in [-0.2, 0) is 16.9 Å². The van der Waals surface area contributed by atoms with E-state index in [1.165, 1.54) is 10.9 Å². The van der Waals surface area contributed by atoms with Gasteiger partial charge in [-0.25, -0.2) is 4.98 Å². The van der Waals surface area contributed by atoms with Gasteiger partial charge in [0.1, 0.15) is 6.54 Å². The number of nitrogens with one attached hydrogen (secondary N) is 1. The van der Waals surface area contributed by atoms with Gasteiger partial charge in [0, 0.05) is 0 Å². The minimum atomic E-state index is -0.303. The van der Waals surface area contributed by atoms with Gasteiger partial charge in [0.2, 0.25) is 5.91 Å². The van der Waals surface area contributed by atoms with E-state index in [0.29, 0.717) is 10.9 Å². The van der Waals surface area contributed by atoms with Gasteiger partial charge >= 0.3 is 0 Å². The van der Waals surface area contributed by atoms with Crippen molar-refractivity contribution in [2.75, 3.05) is 0 Å². The standard InChI is InChI=1S/C21H21N3O2/c1-15-7-5-10-17-19(15)22-14-24(20(17)26)13-18(25)23-21(11-6-12-21)16-8-3-2-4-9-16/h2-5,7-10,14H,6,11-13H2,1H3,(H,23,25). The molecule has 1 saturated carbocycles. The van der Waals surface area contributed by atoms with E-state index in [-0.39, 0.29) is 23.6 Å². The minimum Gasteiger partial charge on any atom is -0.345 e. The summed E-state index contributed by atoms with van der Waals surface area (Å²) in [7, 11) is 0. The van der Waals surface area contributed by atoms with Crippen molar-refractivity contribution in [2.45, 2.75) is 38.3 Å². The average molecular weight is 347 g/mol. The third-order valence-corrected chi connectivity index (χ3v) is 5.28. The van der Waals surface area contributed by atoms with Gasteiger partial charge < -0.3 is 5.32 Å². The molecule has 5 nitrogen and oxygen atoms in total. The molecule has 26 heavy (non-hydrogen) atoms. The molecule has 0 unspecified atom stereocenters. The van der Waals surface area contributed by atoms with Crippen LogP contribution in [0.4, 0.5) is 0 Å². The van der Waals surface area contributed by atoms with Crippen LogP contribution in [0.1, 0.15) is 30.4 Å². The summed E-state index contributed by atoms with van der Waals surface area (Å²) in [6.45, 7) is 1.90. The van der Waals surface area contributed by atoms with Gasteiger partial charge in [-0.3, -0.25) is 14.2 Å². The Kier molecular flexibility index (Phi) is 4.07. The second-order valence-electron chi connectivity index (χ2n) is 7.00. The zero-order valence-electron chi connectivity index (χ0n) is 14.7. The van der Waals surface area contributed by atoms with Gasteiger partial charge in [-0.05, 0) is 43.4 Å². The lowest BCUT2D eigenvalue weighted by atomic mass is 9.72. The van der Waals surface area contributed by atoms with E-state index in [9.17, 15) is 9.59 Å². The zero-order valence-corrected chi connectivity index (χ0v) is 14.7. The quantitative estimate of drug-likeness (QED) is 0.789. The summed E-state index contributed by atoms with van der Waals surface area (Å²) < 4.78 is 1.38. The third kappa shape index (κ3) is 2.79. The normalized spacial score (nSPS) is 15.4. The third-order valence-electron chi connectivity index (χ3n) is 5.28. The second kappa shape index (κ2) is 6.41. The van der Waals surface area contributed by atoms with Crippen molar-refractivity contribution >= 4 is 16.8 Å². The summed E-state index contributed by atoms with van der Waals surface area (Å²) in [5.41, 5.74) is 2.28. The summed E-state index contributed by atoms with van der Waals surface area (Å²) >= 11 is 0. The fraction of sp³-hybridized carbons (Fsp3) is 0.286. The Hall–Kier alpha value is -2.95. The molecular weight excluding hydrogens is 326 g/mol. The van der Waals surface area contributed by atoms with Crippen molar-refractivity contribution in [3.05, 3.63) is 76.3 Å². The average Bonchev–Trinajstić information content (AvgIpc) is 2.62. The van der Waals surface area contributed by atoms with E-state index in [0.717, 1.165) is 30.4 Å². The summed E-state index contributed by atoms with van der Waals surface area (Å²) in [6, 6.07) is 15.6. The van der Waals surface area contributed by atoms with Crippen LogP contribution >= 0.6 is 0 Å². The number of carbonyl (C=O) groups is 1. The number of fused-ring (bicyclic) bond motifs is 1. The van der Waals surface area contributed by atoms with Gasteiger partial charge in [-0.1, -0.05) is 42.5 Å². The minimum absolute atomic E-state index is 0.0235. The van der Waals surface area contributed by atoms with Gasteiger partial charge in [0.05, 0.1) is 22.8 Å². The first-order chi connectivity index (χ1) is 12.6. The molecule has 0 radical (unpaired) electrons. The SMILES string of the molecule is Cc1cccc2c(=O)n(CC(=O)NC3(c4ccccc4)CCC3)cnc12. The van der Waals surface area contributed by atoms with E-state index in [2.05, 4.69) is 10.3 Å². The highest BCUT2D eigenvalue weighted by molar-refractivity contribution is 5.81. The summed E-state index contributed by atoms with van der Waals surface area (Å²) in [5.74, 6) is -0.163. The monoisotopic (exact) mass is 347 g/mol. The van der Waals surface area contributed by atoms with Crippen LogP contribution in [0.3, 0.4) is 0 Å². The molecule has 0 spiro atoms. The van der Waals surface area contributed by atoms with Crippen LogP contribution in [0.25, 0.3) is 10.9 Å². The molecule has 0 bridgehead atoms. The highest BCUT2D eigenvalue weighted by Crippen LogP contribution is 2.41. The van der Waals surface area contributed by atoms with Crippen molar-refractivity contribution in [1.82, 2.24) is 14.9 Å². The van der Waals surface area contributed by atoms with Crippen LogP contribution in [0, 0.1) is 6.92 Å². The summed E-state index contributed by atoms with van der Waals surface area (Å²) in [4.78, 5) is 29.7. The maximum Gasteiger partial charge on any atom is 0.261 e. The Bertz CT molecular complexity index is 1020. The first kappa shape index (κ1) is 16.5. The zero-order chi connectivity index (χ0) is 18.1. The van der Waals surface area contributed by atoms with Crippen molar-refractivity contribution in [3.63, 3.8) is 0 Å². The molecule has 1 amide bonds. The van der Waals surface area contributed by atoms with Crippen LogP contribution in [-0.4, -0.2) is 15.5 Å². The Morgan fingerprint density at radius 1 is 1.15 bits per heavy atom. The van der Waals surface area contributed by atoms with E-state index >= 15 is 0 Å². The Morgan fingerprint density at radius 2 is 1.92 bits per heavy atom. The molecule has 1 heterocycles. The lowest BCUT2D eigenvalue weighted by molar-refractivity contribution is -0.125. The van der Waals surface area contributed by atoms with E-state index < -0.39 is 0 Å². The molecule has 0 aliphatic heterocycles. The Labute approximate surface area is 151 Å². The Balaban J connectivity index is 1.58. The highest BCUT2D eigenvalue weighted by Gasteiger charge is 2.39. The predicted molar refractivity (Wildman–Crippen MR) is 101 cm³/mol. The lowest BCUT2D eigenvalue weighted by Gasteiger charge is -2.43. The molecule has 4 rings (SSSR count). The lowest BCUT2D eigenvalue weighted by Crippen LogP contribution is -2.52. The fourth-order valence-electron chi connectivity index (χ4n) is 3.68. The van der Waals surface area contributed by atoms with Crippen LogP contribution in [0.2, 0.25) is 0 Å². The Morgan fingerprint density at radius 3 is 2.62 bits per heavy atom. The number of nitrogens with zero attached hydrogens (tertiary/aromatic N) is 2. The number of carbonyl (C=O) groups excluding carboxylic acids is 1. The molecule has 2 aromatic carbocycles. The topological polar surface area (TPSA) is 64.0 Å². The van der Waals surface area contributed by atoms with Crippen molar-refractivity contribution in [1.29, 1.82) is 0 Å². The van der Waals surface area contributed by atoms with Crippen molar-refractivity contribution in [3.8, 4) is 0 Å². The van der Waals surface area contributed by atoms with Gasteiger partial charge in [0.25, 0.3) is 5.56 Å². The molecule has 1 fully saturated rings. The molecule has 1 aliphatic carbocycles. The van der Waals surface area contributed by atoms with Gasteiger partial charge in [0.15, 0.2) is 0 Å². The van der Waals surface area contributed by atoms with E-state index in [1.54, 1.807) is 6.07 Å². The summed E-state index contributed by atoms with van der Waals surface area (Å²) in [6.07, 6.45) is 4.40. The number of benzene rings is 2. The van der Waals surface area contributed by atoms with Gasteiger partial charge in [-0.15, -0.1) is 0 Å². The first-order valence-corrected chi connectivity index (χ1v) is 8.90.